The molecular weight excluding hydrogens is 282 g/mol. The van der Waals surface area contributed by atoms with Crippen LogP contribution in [0.1, 0.15) is 31.2 Å². The molecule has 1 fully saturated rings. The quantitative estimate of drug-likeness (QED) is 0.876. The van der Waals surface area contributed by atoms with Crippen molar-refractivity contribution < 1.29 is 19.4 Å². The fourth-order valence-corrected chi connectivity index (χ4v) is 2.84. The highest BCUT2D eigenvalue weighted by Gasteiger charge is 2.23. The molecule has 0 bridgehead atoms. The summed E-state index contributed by atoms with van der Waals surface area (Å²) < 4.78 is 5.11. The van der Waals surface area contributed by atoms with Gasteiger partial charge < -0.3 is 14.7 Å². The second-order valence-electron chi connectivity index (χ2n) is 5.77. The van der Waals surface area contributed by atoms with Crippen LogP contribution in [0.5, 0.6) is 5.75 Å². The van der Waals surface area contributed by atoms with Crippen LogP contribution in [0.15, 0.2) is 24.3 Å². The smallest absolute Gasteiger partial charge is 0.303 e. The van der Waals surface area contributed by atoms with Gasteiger partial charge in [0.2, 0.25) is 5.91 Å². The van der Waals surface area contributed by atoms with E-state index in [4.69, 9.17) is 9.84 Å². The predicted molar refractivity (Wildman–Crippen MR) is 82.9 cm³/mol. The van der Waals surface area contributed by atoms with Gasteiger partial charge in [0.1, 0.15) is 5.75 Å². The van der Waals surface area contributed by atoms with Gasteiger partial charge in [0, 0.05) is 25.9 Å². The molecule has 0 radical (unpaired) electrons. The van der Waals surface area contributed by atoms with Gasteiger partial charge in [-0.1, -0.05) is 12.1 Å². The fraction of sp³-hybridized carbons (Fsp3) is 0.529. The zero-order chi connectivity index (χ0) is 15.9. The van der Waals surface area contributed by atoms with E-state index < -0.39 is 5.97 Å². The Kier molecular flexibility index (Phi) is 5.81. The molecule has 0 spiro atoms. The highest BCUT2D eigenvalue weighted by atomic mass is 16.5. The summed E-state index contributed by atoms with van der Waals surface area (Å²) in [5, 5.41) is 8.80. The van der Waals surface area contributed by atoms with Crippen molar-refractivity contribution in [2.45, 2.75) is 32.1 Å². The first-order chi connectivity index (χ1) is 10.6. The number of carbonyl (C=O) groups excluding carboxylic acids is 1. The number of hydrogen-bond donors (Lipinski definition) is 1. The highest BCUT2D eigenvalue weighted by Crippen LogP contribution is 2.21. The Morgan fingerprint density at radius 2 is 1.86 bits per heavy atom. The molecule has 1 aromatic carbocycles. The standard InChI is InChI=1S/C17H23NO4/c1-22-15-5-2-13(3-6-15)4-7-16(19)18-10-8-14(9-11-18)12-17(20)21/h2-3,5-6,14H,4,7-12H2,1H3,(H,20,21). The van der Waals surface area contributed by atoms with Crippen LogP contribution in [0.25, 0.3) is 0 Å². The van der Waals surface area contributed by atoms with Crippen molar-refractivity contribution in [3.05, 3.63) is 29.8 Å². The Balaban J connectivity index is 1.74. The Labute approximate surface area is 130 Å². The molecule has 120 valence electrons. The van der Waals surface area contributed by atoms with Crippen LogP contribution in [0.2, 0.25) is 0 Å². The molecule has 22 heavy (non-hydrogen) atoms. The summed E-state index contributed by atoms with van der Waals surface area (Å²) in [5.74, 6) is 0.438. The Hall–Kier alpha value is -2.04. The third-order valence-corrected chi connectivity index (χ3v) is 4.22. The average Bonchev–Trinajstić information content (AvgIpc) is 2.53. The molecule has 2 rings (SSSR count). The molecule has 0 unspecified atom stereocenters. The maximum atomic E-state index is 12.2. The minimum atomic E-state index is -0.746. The minimum Gasteiger partial charge on any atom is -0.497 e. The van der Waals surface area contributed by atoms with Crippen molar-refractivity contribution in [3.63, 3.8) is 0 Å². The Morgan fingerprint density at radius 1 is 1.23 bits per heavy atom. The molecule has 0 aliphatic carbocycles. The van der Waals surface area contributed by atoms with Crippen molar-refractivity contribution in [2.24, 2.45) is 5.92 Å². The molecule has 1 heterocycles. The number of ether oxygens (including phenoxy) is 1. The van der Waals surface area contributed by atoms with Gasteiger partial charge in [0.05, 0.1) is 7.11 Å². The lowest BCUT2D eigenvalue weighted by molar-refractivity contribution is -0.138. The number of likely N-dealkylation sites (tertiary alicyclic amines) is 1. The van der Waals surface area contributed by atoms with Crippen molar-refractivity contribution in [1.82, 2.24) is 4.90 Å². The first-order valence-corrected chi connectivity index (χ1v) is 7.71. The molecule has 1 N–H and O–H groups in total. The Morgan fingerprint density at radius 3 is 2.41 bits per heavy atom. The van der Waals surface area contributed by atoms with E-state index >= 15 is 0 Å². The predicted octanol–water partition coefficient (Wildman–Crippen LogP) is 2.34. The number of aryl methyl sites for hydroxylation is 1. The van der Waals surface area contributed by atoms with Crippen molar-refractivity contribution >= 4 is 11.9 Å². The SMILES string of the molecule is COc1ccc(CCC(=O)N2CCC(CC(=O)O)CC2)cc1. The van der Waals surface area contributed by atoms with Gasteiger partial charge in [-0.2, -0.15) is 0 Å². The number of rotatable bonds is 6. The van der Waals surface area contributed by atoms with Gasteiger partial charge in [-0.3, -0.25) is 9.59 Å². The number of carbonyl (C=O) groups is 2. The summed E-state index contributed by atoms with van der Waals surface area (Å²) in [5.41, 5.74) is 1.12. The number of carboxylic acids is 1. The molecule has 0 saturated carbocycles. The van der Waals surface area contributed by atoms with Crippen LogP contribution in [0.4, 0.5) is 0 Å². The van der Waals surface area contributed by atoms with Crippen molar-refractivity contribution in [2.75, 3.05) is 20.2 Å². The zero-order valence-corrected chi connectivity index (χ0v) is 13.0. The number of hydrogen-bond acceptors (Lipinski definition) is 3. The number of amides is 1. The molecule has 1 aliphatic heterocycles. The summed E-state index contributed by atoms with van der Waals surface area (Å²) in [7, 11) is 1.63. The topological polar surface area (TPSA) is 66.8 Å². The van der Waals surface area contributed by atoms with Crippen LogP contribution in [0, 0.1) is 5.92 Å². The number of piperidine rings is 1. The monoisotopic (exact) mass is 305 g/mol. The van der Waals surface area contributed by atoms with E-state index in [1.54, 1.807) is 7.11 Å². The normalized spacial score (nSPS) is 15.6. The van der Waals surface area contributed by atoms with Crippen LogP contribution < -0.4 is 4.74 Å². The maximum absolute atomic E-state index is 12.2. The van der Waals surface area contributed by atoms with Gasteiger partial charge in [-0.25, -0.2) is 0 Å². The summed E-state index contributed by atoms with van der Waals surface area (Å²) >= 11 is 0. The van der Waals surface area contributed by atoms with Crippen LogP contribution in [-0.4, -0.2) is 42.1 Å². The van der Waals surface area contributed by atoms with Gasteiger partial charge in [0.25, 0.3) is 0 Å². The molecule has 5 nitrogen and oxygen atoms in total. The van der Waals surface area contributed by atoms with E-state index in [0.29, 0.717) is 19.5 Å². The van der Waals surface area contributed by atoms with Gasteiger partial charge in [-0.15, -0.1) is 0 Å². The lowest BCUT2D eigenvalue weighted by Crippen LogP contribution is -2.39. The maximum Gasteiger partial charge on any atom is 0.303 e. The van der Waals surface area contributed by atoms with E-state index in [-0.39, 0.29) is 18.2 Å². The van der Waals surface area contributed by atoms with Gasteiger partial charge in [0.15, 0.2) is 0 Å². The Bertz CT molecular complexity index is 504. The highest BCUT2D eigenvalue weighted by molar-refractivity contribution is 5.76. The summed E-state index contributed by atoms with van der Waals surface area (Å²) in [6, 6.07) is 7.75. The van der Waals surface area contributed by atoms with E-state index in [9.17, 15) is 9.59 Å². The van der Waals surface area contributed by atoms with Crippen molar-refractivity contribution in [1.29, 1.82) is 0 Å². The average molecular weight is 305 g/mol. The van der Waals surface area contributed by atoms with Gasteiger partial charge in [-0.05, 0) is 42.9 Å². The lowest BCUT2D eigenvalue weighted by atomic mass is 9.93. The zero-order valence-electron chi connectivity index (χ0n) is 13.0. The number of benzene rings is 1. The number of carboxylic acid groups (broad SMARTS) is 1. The number of nitrogens with zero attached hydrogens (tertiary/aromatic N) is 1. The van der Waals surface area contributed by atoms with Crippen LogP contribution in [0.3, 0.4) is 0 Å². The van der Waals surface area contributed by atoms with Crippen LogP contribution >= 0.6 is 0 Å². The first kappa shape index (κ1) is 16.3. The summed E-state index contributed by atoms with van der Waals surface area (Å²) in [6.45, 7) is 1.36. The minimum absolute atomic E-state index is 0.157. The first-order valence-electron chi connectivity index (χ1n) is 7.71. The van der Waals surface area contributed by atoms with E-state index in [2.05, 4.69) is 0 Å². The second-order valence-corrected chi connectivity index (χ2v) is 5.77. The number of aliphatic carboxylic acids is 1. The summed E-state index contributed by atoms with van der Waals surface area (Å²) in [6.07, 6.45) is 3.02. The fourth-order valence-electron chi connectivity index (χ4n) is 2.84. The largest absolute Gasteiger partial charge is 0.497 e. The number of methoxy groups -OCH3 is 1. The second kappa shape index (κ2) is 7.82. The third-order valence-electron chi connectivity index (χ3n) is 4.22. The molecule has 1 amide bonds. The molecule has 5 heteroatoms. The van der Waals surface area contributed by atoms with E-state index in [1.807, 2.05) is 29.2 Å². The molecule has 1 aliphatic rings. The van der Waals surface area contributed by atoms with E-state index in [0.717, 1.165) is 30.6 Å². The van der Waals surface area contributed by atoms with Crippen molar-refractivity contribution in [3.8, 4) is 5.75 Å². The summed E-state index contributed by atoms with van der Waals surface area (Å²) in [4.78, 5) is 24.8. The molecule has 1 aromatic rings. The van der Waals surface area contributed by atoms with E-state index in [1.165, 1.54) is 0 Å². The third kappa shape index (κ3) is 4.76. The van der Waals surface area contributed by atoms with Gasteiger partial charge >= 0.3 is 5.97 Å². The molecule has 0 atom stereocenters. The lowest BCUT2D eigenvalue weighted by Gasteiger charge is -2.31. The van der Waals surface area contributed by atoms with Crippen LogP contribution in [-0.2, 0) is 16.0 Å². The molecular formula is C17H23NO4. The molecule has 1 saturated heterocycles. The molecule has 0 aromatic heterocycles.